The molecule has 2 aromatic rings. The van der Waals surface area contributed by atoms with Crippen LogP contribution in [-0.4, -0.2) is 11.5 Å². The lowest BCUT2D eigenvalue weighted by Gasteiger charge is -2.14. The zero-order valence-electron chi connectivity index (χ0n) is 11.5. The summed E-state index contributed by atoms with van der Waals surface area (Å²) in [6.45, 7) is 7.54. The van der Waals surface area contributed by atoms with Crippen LogP contribution in [0.25, 0.3) is 0 Å². The van der Waals surface area contributed by atoms with E-state index in [1.54, 1.807) is 11.3 Å². The van der Waals surface area contributed by atoms with Crippen LogP contribution in [0.4, 0.5) is 0 Å². The number of nitrogens with one attached hydrogen (secondary N) is 1. The zero-order valence-corrected chi connectivity index (χ0v) is 14.7. The highest BCUT2D eigenvalue weighted by Gasteiger charge is 2.20. The van der Waals surface area contributed by atoms with E-state index in [-0.39, 0.29) is 6.04 Å². The smallest absolute Gasteiger partial charge is 0.115 e. The van der Waals surface area contributed by atoms with Crippen LogP contribution in [0.2, 0.25) is 0 Å². The Kier molecular flexibility index (Phi) is 5.57. The van der Waals surface area contributed by atoms with Crippen molar-refractivity contribution < 1.29 is 0 Å². The Morgan fingerprint density at radius 2 is 2.11 bits per heavy atom. The molecule has 0 aliphatic rings. The summed E-state index contributed by atoms with van der Waals surface area (Å²) in [5.41, 5.74) is 1.24. The maximum absolute atomic E-state index is 4.81. The van der Waals surface area contributed by atoms with Crippen LogP contribution >= 0.6 is 38.6 Å². The highest BCUT2D eigenvalue weighted by atomic mass is 79.9. The Morgan fingerprint density at radius 1 is 1.32 bits per heavy atom. The van der Waals surface area contributed by atoms with Gasteiger partial charge in [0.15, 0.2) is 0 Å². The minimum Gasteiger partial charge on any atom is -0.304 e. The normalized spacial score (nSPS) is 12.8. The predicted octanol–water partition coefficient (Wildman–Crippen LogP) is 4.93. The molecule has 19 heavy (non-hydrogen) atoms. The van der Waals surface area contributed by atoms with Gasteiger partial charge < -0.3 is 5.32 Å². The second-order valence-corrected chi connectivity index (χ2v) is 8.17. The number of thiazole rings is 1. The van der Waals surface area contributed by atoms with Crippen molar-refractivity contribution in [3.05, 3.63) is 36.4 Å². The number of halogens is 1. The number of hydrogen-bond donors (Lipinski definition) is 1. The summed E-state index contributed by atoms with van der Waals surface area (Å²) in [4.78, 5) is 7.49. The monoisotopic (exact) mass is 358 g/mol. The van der Waals surface area contributed by atoms with Crippen LogP contribution < -0.4 is 5.32 Å². The quantitative estimate of drug-likeness (QED) is 0.791. The third-order valence-electron chi connectivity index (χ3n) is 2.97. The van der Waals surface area contributed by atoms with Gasteiger partial charge in [-0.15, -0.1) is 22.7 Å². The Bertz CT molecular complexity index is 533. The summed E-state index contributed by atoms with van der Waals surface area (Å²) < 4.78 is 1.18. The zero-order chi connectivity index (χ0) is 13.8. The molecule has 104 valence electrons. The minimum absolute atomic E-state index is 0.236. The molecule has 0 amide bonds. The molecule has 0 saturated heterocycles. The molecule has 2 heterocycles. The lowest BCUT2D eigenvalue weighted by Crippen LogP contribution is -2.22. The van der Waals surface area contributed by atoms with Crippen molar-refractivity contribution in [2.45, 2.75) is 39.7 Å². The van der Waals surface area contributed by atoms with E-state index in [0.717, 1.165) is 19.4 Å². The van der Waals surface area contributed by atoms with Crippen molar-refractivity contribution in [2.24, 2.45) is 0 Å². The van der Waals surface area contributed by atoms with E-state index >= 15 is 0 Å². The first kappa shape index (κ1) is 15.2. The number of aromatic nitrogens is 1. The molecule has 0 radical (unpaired) electrons. The lowest BCUT2D eigenvalue weighted by molar-refractivity contribution is 0.602. The molecule has 2 rings (SSSR count). The second-order valence-electron chi connectivity index (χ2n) is 4.44. The molecule has 1 unspecified atom stereocenters. The molecular formula is C14H19BrN2S2. The first-order chi connectivity index (χ1) is 9.15. The van der Waals surface area contributed by atoms with E-state index in [4.69, 9.17) is 4.98 Å². The minimum atomic E-state index is 0.236. The summed E-state index contributed by atoms with van der Waals surface area (Å²) in [7, 11) is 0. The topological polar surface area (TPSA) is 24.9 Å². The van der Waals surface area contributed by atoms with Gasteiger partial charge in [0, 0.05) is 9.75 Å². The van der Waals surface area contributed by atoms with Crippen LogP contribution in [0.1, 0.15) is 46.8 Å². The van der Waals surface area contributed by atoms with Crippen molar-refractivity contribution in [1.29, 1.82) is 0 Å². The number of thiophene rings is 1. The van der Waals surface area contributed by atoms with Gasteiger partial charge in [0.1, 0.15) is 5.01 Å². The predicted molar refractivity (Wildman–Crippen MR) is 88.4 cm³/mol. The average molecular weight is 359 g/mol. The van der Waals surface area contributed by atoms with Crippen molar-refractivity contribution in [3.8, 4) is 0 Å². The molecule has 1 atom stereocenters. The molecule has 0 fully saturated rings. The first-order valence-electron chi connectivity index (χ1n) is 6.60. The first-order valence-corrected chi connectivity index (χ1v) is 9.03. The molecule has 0 aliphatic carbocycles. The van der Waals surface area contributed by atoms with Gasteiger partial charge in [-0.25, -0.2) is 4.98 Å². The third kappa shape index (κ3) is 3.66. The fourth-order valence-electron chi connectivity index (χ4n) is 1.98. The van der Waals surface area contributed by atoms with Gasteiger partial charge in [-0.2, -0.15) is 0 Å². The van der Waals surface area contributed by atoms with Gasteiger partial charge >= 0.3 is 0 Å². The van der Waals surface area contributed by atoms with Crippen molar-refractivity contribution in [2.75, 3.05) is 6.54 Å². The van der Waals surface area contributed by atoms with E-state index in [1.165, 1.54) is 24.2 Å². The van der Waals surface area contributed by atoms with Gasteiger partial charge in [0.2, 0.25) is 0 Å². The molecule has 2 aromatic heterocycles. The number of rotatable bonds is 6. The standard InChI is InChI=1S/C14H19BrN2S2/c1-4-8-16-13(11-6-7-12(15)19-11)14-17-10(5-2)9(3)18-14/h6-7,13,16H,4-5,8H2,1-3H3. The van der Waals surface area contributed by atoms with Gasteiger partial charge in [0.05, 0.1) is 15.5 Å². The third-order valence-corrected chi connectivity index (χ3v) is 5.73. The molecule has 0 bridgehead atoms. The number of hydrogen-bond acceptors (Lipinski definition) is 4. The van der Waals surface area contributed by atoms with Gasteiger partial charge in [-0.1, -0.05) is 13.8 Å². The Balaban J connectivity index is 2.30. The summed E-state index contributed by atoms with van der Waals surface area (Å²) in [5.74, 6) is 0. The maximum atomic E-state index is 4.81. The molecule has 0 spiro atoms. The van der Waals surface area contributed by atoms with E-state index < -0.39 is 0 Å². The van der Waals surface area contributed by atoms with Crippen LogP contribution in [0.3, 0.4) is 0 Å². The Hall–Kier alpha value is -0.230. The fourth-order valence-corrected chi connectivity index (χ4v) is 4.67. The Morgan fingerprint density at radius 3 is 2.63 bits per heavy atom. The highest BCUT2D eigenvalue weighted by Crippen LogP contribution is 2.34. The number of nitrogens with zero attached hydrogens (tertiary/aromatic N) is 1. The van der Waals surface area contributed by atoms with E-state index in [2.05, 4.69) is 54.2 Å². The molecule has 0 saturated carbocycles. The molecule has 2 nitrogen and oxygen atoms in total. The van der Waals surface area contributed by atoms with Crippen LogP contribution in [0.5, 0.6) is 0 Å². The van der Waals surface area contributed by atoms with E-state index in [9.17, 15) is 0 Å². The SMILES string of the molecule is CCCNC(c1ccc(Br)s1)c1nc(CC)c(C)s1. The second kappa shape index (κ2) is 6.97. The highest BCUT2D eigenvalue weighted by molar-refractivity contribution is 9.11. The van der Waals surface area contributed by atoms with Crippen molar-refractivity contribution in [1.82, 2.24) is 10.3 Å². The van der Waals surface area contributed by atoms with Crippen molar-refractivity contribution in [3.63, 3.8) is 0 Å². The molecule has 1 N–H and O–H groups in total. The van der Waals surface area contributed by atoms with Gasteiger partial charge in [-0.3, -0.25) is 0 Å². The summed E-state index contributed by atoms with van der Waals surface area (Å²) in [5, 5.41) is 4.81. The molecule has 5 heteroatoms. The van der Waals surface area contributed by atoms with Crippen LogP contribution in [-0.2, 0) is 6.42 Å². The van der Waals surface area contributed by atoms with E-state index in [0.29, 0.717) is 0 Å². The van der Waals surface area contributed by atoms with Crippen molar-refractivity contribution >= 4 is 38.6 Å². The summed E-state index contributed by atoms with van der Waals surface area (Å²) in [6, 6.07) is 4.53. The van der Waals surface area contributed by atoms with Crippen LogP contribution in [0.15, 0.2) is 15.9 Å². The molecular weight excluding hydrogens is 340 g/mol. The van der Waals surface area contributed by atoms with Gasteiger partial charge in [0.25, 0.3) is 0 Å². The van der Waals surface area contributed by atoms with Crippen LogP contribution in [0, 0.1) is 6.92 Å². The summed E-state index contributed by atoms with van der Waals surface area (Å²) in [6.07, 6.45) is 2.14. The largest absolute Gasteiger partial charge is 0.304 e. The molecule has 0 aliphatic heterocycles. The Labute approximate surface area is 131 Å². The fraction of sp³-hybridized carbons (Fsp3) is 0.500. The molecule has 0 aromatic carbocycles. The summed E-state index contributed by atoms with van der Waals surface area (Å²) >= 11 is 7.15. The van der Waals surface area contributed by atoms with Gasteiger partial charge in [-0.05, 0) is 54.4 Å². The average Bonchev–Trinajstić information content (AvgIpc) is 2.97. The number of aryl methyl sites for hydroxylation is 2. The lowest BCUT2D eigenvalue weighted by atomic mass is 10.2. The maximum Gasteiger partial charge on any atom is 0.115 e. The van der Waals surface area contributed by atoms with E-state index in [1.807, 2.05) is 11.3 Å².